The van der Waals surface area contributed by atoms with Crippen LogP contribution in [0.2, 0.25) is 0 Å². The summed E-state index contributed by atoms with van der Waals surface area (Å²) in [5, 5.41) is 18.2. The number of carbonyl (C=O) groups excluding carboxylic acids is 3. The maximum absolute atomic E-state index is 13.8. The topological polar surface area (TPSA) is 174 Å². The molecule has 2 aromatic rings. The number of nitrogen functional groups attached to an aromatic ring is 1. The number of amides is 4. The zero-order valence-corrected chi connectivity index (χ0v) is 18.8. The van der Waals surface area contributed by atoms with E-state index in [-0.39, 0.29) is 12.4 Å². The fourth-order valence-corrected chi connectivity index (χ4v) is 3.79. The molecule has 0 saturated carbocycles. The number of carbonyl (C=O) groups is 4. The molecule has 0 radical (unpaired) electrons. The molecule has 11 nitrogen and oxygen atoms in total. The third-order valence-electron chi connectivity index (χ3n) is 5.79. The van der Waals surface area contributed by atoms with Crippen molar-refractivity contribution in [3.63, 3.8) is 0 Å². The van der Waals surface area contributed by atoms with Gasteiger partial charge in [0.1, 0.15) is 17.4 Å². The van der Waals surface area contributed by atoms with Gasteiger partial charge >= 0.3 is 12.0 Å². The average molecular weight is 466 g/mol. The second kappa shape index (κ2) is 9.32. The van der Waals surface area contributed by atoms with E-state index in [0.29, 0.717) is 16.1 Å². The molecule has 4 amide bonds. The third-order valence-corrected chi connectivity index (χ3v) is 5.79. The third kappa shape index (κ3) is 4.33. The molecule has 0 bridgehead atoms. The second-order valence-electron chi connectivity index (χ2n) is 8.08. The van der Waals surface area contributed by atoms with Gasteiger partial charge in [-0.05, 0) is 18.1 Å². The van der Waals surface area contributed by atoms with Crippen molar-refractivity contribution in [3.05, 3.63) is 71.3 Å². The van der Waals surface area contributed by atoms with E-state index >= 15 is 0 Å². The standard InChI is InChI=1S/C23H26N6O5/c1-14(30)28(13-18(24)20(31)32)29-21(33)23(2,17-10-8-16(9-11-17)19(25)26)27(22(29)34)12-15-6-4-3-5-7-15/h3-11,18H,12-13,24H2,1-2H3,(H3,25,26)(H,31,32)/t18-,23-/m0/s1. The van der Waals surface area contributed by atoms with Crippen LogP contribution in [0.5, 0.6) is 0 Å². The van der Waals surface area contributed by atoms with Gasteiger partial charge in [0.05, 0.1) is 6.54 Å². The Morgan fingerprint density at radius 2 is 1.71 bits per heavy atom. The van der Waals surface area contributed by atoms with Gasteiger partial charge in [0.2, 0.25) is 5.91 Å². The Morgan fingerprint density at radius 1 is 1.12 bits per heavy atom. The van der Waals surface area contributed by atoms with E-state index in [2.05, 4.69) is 0 Å². The molecular formula is C23H26N6O5. The van der Waals surface area contributed by atoms with Crippen LogP contribution in [0.1, 0.15) is 30.5 Å². The van der Waals surface area contributed by atoms with Crippen LogP contribution in [0.15, 0.2) is 54.6 Å². The zero-order valence-electron chi connectivity index (χ0n) is 18.8. The van der Waals surface area contributed by atoms with Crippen molar-refractivity contribution in [2.45, 2.75) is 32.0 Å². The van der Waals surface area contributed by atoms with Crippen LogP contribution in [0.4, 0.5) is 4.79 Å². The predicted octanol–water partition coefficient (Wildman–Crippen LogP) is 0.826. The quantitative estimate of drug-likeness (QED) is 0.253. The second-order valence-corrected chi connectivity index (χ2v) is 8.08. The Hall–Kier alpha value is -4.25. The molecule has 1 heterocycles. The number of carboxylic acids is 1. The summed E-state index contributed by atoms with van der Waals surface area (Å²) < 4.78 is 0. The van der Waals surface area contributed by atoms with E-state index in [0.717, 1.165) is 17.5 Å². The number of rotatable bonds is 8. The lowest BCUT2D eigenvalue weighted by atomic mass is 9.89. The summed E-state index contributed by atoms with van der Waals surface area (Å²) >= 11 is 0. The number of hydrazine groups is 1. The first-order chi connectivity index (χ1) is 16.0. The van der Waals surface area contributed by atoms with Gasteiger partial charge in [-0.15, -0.1) is 0 Å². The molecule has 0 aromatic heterocycles. The Balaban J connectivity index is 2.11. The van der Waals surface area contributed by atoms with Crippen molar-refractivity contribution in [1.82, 2.24) is 14.9 Å². The molecule has 0 spiro atoms. The van der Waals surface area contributed by atoms with E-state index < -0.39 is 41.9 Å². The lowest BCUT2D eigenvalue weighted by molar-refractivity contribution is -0.158. The maximum atomic E-state index is 13.8. The van der Waals surface area contributed by atoms with Gasteiger partial charge in [0, 0.05) is 19.0 Å². The maximum Gasteiger partial charge on any atom is 0.347 e. The first-order valence-corrected chi connectivity index (χ1v) is 10.4. The lowest BCUT2D eigenvalue weighted by Crippen LogP contribution is -2.55. The molecular weight excluding hydrogens is 440 g/mol. The molecule has 0 aliphatic carbocycles. The molecule has 34 heavy (non-hydrogen) atoms. The van der Waals surface area contributed by atoms with Crippen molar-refractivity contribution in [1.29, 1.82) is 5.41 Å². The number of nitrogens with one attached hydrogen (secondary N) is 1. The minimum absolute atomic E-state index is 0.0452. The Labute approximate surface area is 196 Å². The number of urea groups is 1. The van der Waals surface area contributed by atoms with Crippen LogP contribution in [-0.4, -0.2) is 62.3 Å². The summed E-state index contributed by atoms with van der Waals surface area (Å²) in [4.78, 5) is 52.3. The summed E-state index contributed by atoms with van der Waals surface area (Å²) in [5.41, 5.74) is 11.2. The summed E-state index contributed by atoms with van der Waals surface area (Å²) in [5.74, 6) is -2.99. The molecule has 1 aliphatic rings. The van der Waals surface area contributed by atoms with Crippen LogP contribution in [0.3, 0.4) is 0 Å². The number of amidine groups is 1. The van der Waals surface area contributed by atoms with E-state index in [1.807, 2.05) is 6.07 Å². The molecule has 11 heteroatoms. The minimum Gasteiger partial charge on any atom is -0.480 e. The summed E-state index contributed by atoms with van der Waals surface area (Å²) in [7, 11) is 0. The highest BCUT2D eigenvalue weighted by atomic mass is 16.4. The molecule has 1 saturated heterocycles. The molecule has 178 valence electrons. The molecule has 2 atom stereocenters. The van der Waals surface area contributed by atoms with Crippen molar-refractivity contribution >= 4 is 29.7 Å². The molecule has 6 N–H and O–H groups in total. The molecule has 3 rings (SSSR count). The zero-order chi connectivity index (χ0) is 25.2. The van der Waals surface area contributed by atoms with Gasteiger partial charge in [-0.1, -0.05) is 54.6 Å². The first kappa shape index (κ1) is 24.4. The van der Waals surface area contributed by atoms with E-state index in [9.17, 15) is 24.3 Å². The minimum atomic E-state index is -1.54. The Kier molecular flexibility index (Phi) is 6.68. The fraction of sp³-hybridized carbons (Fsp3) is 0.261. The number of carboxylic acid groups (broad SMARTS) is 1. The summed E-state index contributed by atoms with van der Waals surface area (Å²) in [6, 6.07) is 13.0. The highest BCUT2D eigenvalue weighted by Gasteiger charge is 2.58. The number of hydrogen-bond acceptors (Lipinski definition) is 6. The Bertz CT molecular complexity index is 1140. The van der Waals surface area contributed by atoms with Crippen molar-refractivity contribution in [2.24, 2.45) is 11.5 Å². The number of aliphatic carboxylic acids is 1. The van der Waals surface area contributed by atoms with Crippen LogP contribution in [0.25, 0.3) is 0 Å². The Morgan fingerprint density at radius 3 is 2.21 bits per heavy atom. The van der Waals surface area contributed by atoms with Gasteiger partial charge in [-0.2, -0.15) is 5.01 Å². The molecule has 1 aliphatic heterocycles. The van der Waals surface area contributed by atoms with Crippen LogP contribution < -0.4 is 11.5 Å². The highest BCUT2D eigenvalue weighted by Crippen LogP contribution is 2.39. The van der Waals surface area contributed by atoms with Crippen LogP contribution in [0, 0.1) is 5.41 Å². The number of nitrogens with zero attached hydrogens (tertiary/aromatic N) is 3. The van der Waals surface area contributed by atoms with Crippen molar-refractivity contribution < 1.29 is 24.3 Å². The average Bonchev–Trinajstić information content (AvgIpc) is 2.99. The molecule has 1 fully saturated rings. The predicted molar refractivity (Wildman–Crippen MR) is 122 cm³/mol. The van der Waals surface area contributed by atoms with E-state index in [1.165, 1.54) is 4.90 Å². The number of hydrogen-bond donors (Lipinski definition) is 4. The molecule has 2 aromatic carbocycles. The van der Waals surface area contributed by atoms with Gasteiger partial charge in [0.15, 0.2) is 0 Å². The highest BCUT2D eigenvalue weighted by molar-refractivity contribution is 6.08. The van der Waals surface area contributed by atoms with Gasteiger partial charge in [-0.3, -0.25) is 24.7 Å². The molecule has 0 unspecified atom stereocenters. The fourth-order valence-electron chi connectivity index (χ4n) is 3.79. The van der Waals surface area contributed by atoms with E-state index in [1.54, 1.807) is 55.5 Å². The number of imide groups is 1. The SMILES string of the molecule is CC(=O)N(C[C@H](N)C(=O)O)N1C(=O)N(Cc2ccccc2)[C@@](C)(c2ccc(C(=N)N)cc2)C1=O. The number of nitrogens with two attached hydrogens (primary N) is 2. The first-order valence-electron chi connectivity index (χ1n) is 10.4. The van der Waals surface area contributed by atoms with Gasteiger partial charge in [-0.25, -0.2) is 9.80 Å². The van der Waals surface area contributed by atoms with Gasteiger partial charge < -0.3 is 16.6 Å². The van der Waals surface area contributed by atoms with E-state index in [4.69, 9.17) is 16.9 Å². The van der Waals surface area contributed by atoms with Crippen molar-refractivity contribution in [3.8, 4) is 0 Å². The monoisotopic (exact) mass is 466 g/mol. The normalized spacial score (nSPS) is 18.7. The lowest BCUT2D eigenvalue weighted by Gasteiger charge is -2.32. The smallest absolute Gasteiger partial charge is 0.347 e. The van der Waals surface area contributed by atoms with Crippen molar-refractivity contribution in [2.75, 3.05) is 6.54 Å². The summed E-state index contributed by atoms with van der Waals surface area (Å²) in [6.45, 7) is 2.15. The van der Waals surface area contributed by atoms with Crippen LogP contribution >= 0.6 is 0 Å². The van der Waals surface area contributed by atoms with Gasteiger partial charge in [0.25, 0.3) is 5.91 Å². The largest absolute Gasteiger partial charge is 0.480 e. The number of benzene rings is 2. The summed E-state index contributed by atoms with van der Waals surface area (Å²) in [6.07, 6.45) is 0. The van der Waals surface area contributed by atoms with Crippen LogP contribution in [-0.2, 0) is 26.5 Å².